The molecule has 7 nitrogen and oxygen atoms in total. The monoisotopic (exact) mass is 436 g/mol. The zero-order valence-corrected chi connectivity index (χ0v) is 15.8. The molecule has 162 valence electrons. The molecule has 4 N–H and O–H groups in total. The molecule has 0 atom stereocenters. The van der Waals surface area contributed by atoms with Crippen molar-refractivity contribution < 1.29 is 32.3 Å². The van der Waals surface area contributed by atoms with Crippen molar-refractivity contribution in [1.29, 1.82) is 0 Å². The third-order valence-corrected chi connectivity index (χ3v) is 4.21. The van der Waals surface area contributed by atoms with Gasteiger partial charge in [0, 0.05) is 41.8 Å². The summed E-state index contributed by atoms with van der Waals surface area (Å²) in [5, 5.41) is 13.0. The number of nitrogens with one attached hydrogen (secondary N) is 3. The molecule has 1 aromatic carbocycles. The first-order chi connectivity index (χ1) is 14.6. The number of benzene rings is 1. The van der Waals surface area contributed by atoms with Crippen LogP contribution in [0.25, 0.3) is 11.3 Å². The van der Waals surface area contributed by atoms with Gasteiger partial charge in [0.25, 0.3) is 5.91 Å². The Morgan fingerprint density at radius 1 is 1.16 bits per heavy atom. The molecule has 3 heterocycles. The number of carboxylic acids is 1. The van der Waals surface area contributed by atoms with Gasteiger partial charge in [-0.3, -0.25) is 4.79 Å². The summed E-state index contributed by atoms with van der Waals surface area (Å²) >= 11 is 0. The number of alkyl halides is 3. The summed E-state index contributed by atoms with van der Waals surface area (Å²) < 4.78 is 45.0. The number of carbonyl (C=O) groups is 2. The van der Waals surface area contributed by atoms with E-state index in [1.165, 1.54) is 12.1 Å². The number of hydrogen-bond donors (Lipinski definition) is 4. The normalized spacial score (nSPS) is 12.8. The largest absolute Gasteiger partial charge is 0.490 e. The van der Waals surface area contributed by atoms with Crippen LogP contribution in [0.5, 0.6) is 0 Å². The lowest BCUT2D eigenvalue weighted by molar-refractivity contribution is -0.192. The van der Waals surface area contributed by atoms with Crippen LogP contribution in [0.3, 0.4) is 0 Å². The number of aromatic amines is 1. The number of H-pyrrole nitrogens is 1. The minimum atomic E-state index is -5.08. The molecule has 0 bridgehead atoms. The van der Waals surface area contributed by atoms with E-state index in [4.69, 9.17) is 9.90 Å². The van der Waals surface area contributed by atoms with Gasteiger partial charge >= 0.3 is 12.1 Å². The van der Waals surface area contributed by atoms with Gasteiger partial charge in [-0.1, -0.05) is 6.07 Å². The summed E-state index contributed by atoms with van der Waals surface area (Å²) in [7, 11) is 0. The molecule has 3 aromatic rings. The number of halogens is 4. The van der Waals surface area contributed by atoms with Crippen molar-refractivity contribution in [2.45, 2.75) is 12.6 Å². The highest BCUT2D eigenvalue weighted by atomic mass is 19.4. The first-order valence-electron chi connectivity index (χ1n) is 8.92. The number of amides is 1. The maximum Gasteiger partial charge on any atom is 0.490 e. The molecule has 0 spiro atoms. The molecule has 31 heavy (non-hydrogen) atoms. The van der Waals surface area contributed by atoms with Crippen LogP contribution in [-0.2, 0) is 11.2 Å². The number of carbonyl (C=O) groups excluding carboxylic acids is 1. The van der Waals surface area contributed by atoms with Crippen molar-refractivity contribution in [2.24, 2.45) is 0 Å². The lowest BCUT2D eigenvalue weighted by Crippen LogP contribution is -2.31. The Balaban J connectivity index is 0.000000339. The summed E-state index contributed by atoms with van der Waals surface area (Å²) in [5.41, 5.74) is 4.04. The van der Waals surface area contributed by atoms with Gasteiger partial charge in [-0.2, -0.15) is 13.2 Å². The minimum absolute atomic E-state index is 0.0501. The Labute approximate surface area is 173 Å². The van der Waals surface area contributed by atoms with Crippen LogP contribution in [-0.4, -0.2) is 39.7 Å². The Hall–Kier alpha value is -3.89. The van der Waals surface area contributed by atoms with Crippen molar-refractivity contribution in [1.82, 2.24) is 15.3 Å². The number of carboxylic acid groups (broad SMARTS) is 1. The molecule has 1 aliphatic rings. The highest BCUT2D eigenvalue weighted by Gasteiger charge is 2.38. The van der Waals surface area contributed by atoms with Crippen LogP contribution in [0.2, 0.25) is 0 Å². The zero-order valence-electron chi connectivity index (χ0n) is 15.8. The molecule has 11 heteroatoms. The molecule has 1 aliphatic heterocycles. The molecule has 0 aliphatic carbocycles. The first-order valence-corrected chi connectivity index (χ1v) is 8.92. The SMILES string of the molecule is O=C(O)C(F)(F)F.O=C1NCCc2[nH]c(-c3ccnc(Nc4cccc(F)c4)c3)cc21. The Kier molecular flexibility index (Phi) is 6.23. The number of aromatic nitrogens is 2. The predicted octanol–water partition coefficient (Wildman–Crippen LogP) is 3.88. The van der Waals surface area contributed by atoms with Crippen molar-refractivity contribution in [3.63, 3.8) is 0 Å². The van der Waals surface area contributed by atoms with Gasteiger partial charge < -0.3 is 20.7 Å². The quantitative estimate of drug-likeness (QED) is 0.466. The Morgan fingerprint density at radius 3 is 2.55 bits per heavy atom. The van der Waals surface area contributed by atoms with E-state index in [2.05, 4.69) is 20.6 Å². The van der Waals surface area contributed by atoms with Crippen LogP contribution in [0.15, 0.2) is 48.7 Å². The Bertz CT molecular complexity index is 1110. The number of aliphatic carboxylic acids is 1. The number of hydrogen-bond acceptors (Lipinski definition) is 4. The fourth-order valence-corrected chi connectivity index (χ4v) is 2.83. The van der Waals surface area contributed by atoms with Gasteiger partial charge in [-0.15, -0.1) is 0 Å². The van der Waals surface area contributed by atoms with Crippen LogP contribution in [0.1, 0.15) is 16.1 Å². The smallest absolute Gasteiger partial charge is 0.475 e. The predicted molar refractivity (Wildman–Crippen MR) is 103 cm³/mol. The summed E-state index contributed by atoms with van der Waals surface area (Å²) in [6, 6.07) is 11.8. The van der Waals surface area contributed by atoms with E-state index >= 15 is 0 Å². The molecule has 4 rings (SSSR count). The average Bonchev–Trinajstić information content (AvgIpc) is 3.14. The number of anilines is 2. The Morgan fingerprint density at radius 2 is 1.90 bits per heavy atom. The maximum atomic E-state index is 13.3. The van der Waals surface area contributed by atoms with Gasteiger partial charge in [0.05, 0.1) is 5.56 Å². The molecule has 2 aromatic heterocycles. The van der Waals surface area contributed by atoms with Gasteiger partial charge in [0.2, 0.25) is 0 Å². The molecule has 0 fully saturated rings. The average molecular weight is 436 g/mol. The van der Waals surface area contributed by atoms with E-state index in [-0.39, 0.29) is 11.7 Å². The van der Waals surface area contributed by atoms with Crippen molar-refractivity contribution >= 4 is 23.4 Å². The fraction of sp³-hybridized carbons (Fsp3) is 0.150. The van der Waals surface area contributed by atoms with Gasteiger partial charge in [-0.25, -0.2) is 14.2 Å². The van der Waals surface area contributed by atoms with Gasteiger partial charge in [0.15, 0.2) is 0 Å². The lowest BCUT2D eigenvalue weighted by Gasteiger charge is -2.11. The van der Waals surface area contributed by atoms with Crippen LogP contribution >= 0.6 is 0 Å². The van der Waals surface area contributed by atoms with Gasteiger partial charge in [-0.05, 0) is 36.4 Å². The third-order valence-electron chi connectivity index (χ3n) is 4.21. The molecular weight excluding hydrogens is 420 g/mol. The lowest BCUT2D eigenvalue weighted by atomic mass is 10.1. The number of fused-ring (bicyclic) bond motifs is 1. The van der Waals surface area contributed by atoms with E-state index in [0.29, 0.717) is 23.6 Å². The zero-order chi connectivity index (χ0) is 22.6. The standard InChI is InChI=1S/C18H15FN4O.C2HF3O2/c19-12-2-1-3-13(9-12)22-17-8-11(4-6-20-17)16-10-14-15(23-16)5-7-21-18(14)24;3-2(4,5)1(6)7/h1-4,6,8-10,23H,5,7H2,(H,20,22)(H,21,24);(H,6,7). The number of rotatable bonds is 3. The topological polar surface area (TPSA) is 107 Å². The van der Waals surface area contributed by atoms with E-state index in [1.807, 2.05) is 18.2 Å². The molecule has 0 saturated heterocycles. The van der Waals surface area contributed by atoms with Crippen LogP contribution in [0, 0.1) is 5.82 Å². The van der Waals surface area contributed by atoms with Crippen LogP contribution in [0.4, 0.5) is 29.1 Å². The van der Waals surface area contributed by atoms with Gasteiger partial charge in [0.1, 0.15) is 11.6 Å². The molecule has 0 saturated carbocycles. The second-order valence-corrected chi connectivity index (χ2v) is 6.45. The van der Waals surface area contributed by atoms with E-state index in [1.54, 1.807) is 18.3 Å². The fourth-order valence-electron chi connectivity index (χ4n) is 2.83. The van der Waals surface area contributed by atoms with E-state index in [9.17, 15) is 22.4 Å². The highest BCUT2D eigenvalue weighted by Crippen LogP contribution is 2.26. The molecule has 0 radical (unpaired) electrons. The second kappa shape index (κ2) is 8.86. The van der Waals surface area contributed by atoms with Crippen molar-refractivity contribution in [2.75, 3.05) is 11.9 Å². The number of pyridine rings is 1. The molecule has 1 amide bonds. The summed E-state index contributed by atoms with van der Waals surface area (Å²) in [4.78, 5) is 28.3. The maximum absolute atomic E-state index is 13.3. The van der Waals surface area contributed by atoms with E-state index < -0.39 is 12.1 Å². The summed E-state index contributed by atoms with van der Waals surface area (Å²) in [6.07, 6.45) is -2.61. The van der Waals surface area contributed by atoms with Crippen molar-refractivity contribution in [3.8, 4) is 11.3 Å². The minimum Gasteiger partial charge on any atom is -0.475 e. The van der Waals surface area contributed by atoms with Crippen LogP contribution < -0.4 is 10.6 Å². The number of nitrogens with zero attached hydrogens (tertiary/aromatic N) is 1. The second-order valence-electron chi connectivity index (χ2n) is 6.45. The summed E-state index contributed by atoms with van der Waals surface area (Å²) in [6.45, 7) is 0.647. The summed E-state index contributed by atoms with van der Waals surface area (Å²) in [5.74, 6) is -2.51. The molecular formula is C20H16F4N4O3. The van der Waals surface area contributed by atoms with Crippen molar-refractivity contribution in [3.05, 3.63) is 65.7 Å². The third kappa shape index (κ3) is 5.59. The van der Waals surface area contributed by atoms with E-state index in [0.717, 1.165) is 23.4 Å². The molecule has 0 unspecified atom stereocenters. The highest BCUT2D eigenvalue weighted by molar-refractivity contribution is 5.97. The first kappa shape index (κ1) is 21.8.